The van der Waals surface area contributed by atoms with Crippen LogP contribution in [0.25, 0.3) is 0 Å². The molecule has 19 heavy (non-hydrogen) atoms. The highest BCUT2D eigenvalue weighted by Crippen LogP contribution is 2.16. The van der Waals surface area contributed by atoms with Crippen LogP contribution in [0.1, 0.15) is 38.2 Å². The van der Waals surface area contributed by atoms with Gasteiger partial charge in [-0.05, 0) is 36.9 Å². The van der Waals surface area contributed by atoms with E-state index in [4.69, 9.17) is 5.73 Å². The van der Waals surface area contributed by atoms with Gasteiger partial charge >= 0.3 is 0 Å². The van der Waals surface area contributed by atoms with Gasteiger partial charge in [0.25, 0.3) is 0 Å². The van der Waals surface area contributed by atoms with Crippen LogP contribution in [-0.2, 0) is 11.3 Å². The Morgan fingerprint density at radius 1 is 1.37 bits per heavy atom. The third-order valence-electron chi connectivity index (χ3n) is 3.37. The number of halogens is 1. The van der Waals surface area contributed by atoms with Crippen LogP contribution in [0.15, 0.2) is 28.7 Å². The van der Waals surface area contributed by atoms with Gasteiger partial charge in [-0.25, -0.2) is 0 Å². The van der Waals surface area contributed by atoms with E-state index in [2.05, 4.69) is 28.2 Å². The van der Waals surface area contributed by atoms with Crippen LogP contribution in [-0.4, -0.2) is 12.5 Å². The van der Waals surface area contributed by atoms with E-state index in [-0.39, 0.29) is 5.91 Å². The van der Waals surface area contributed by atoms with Crippen LogP contribution >= 0.6 is 15.9 Å². The van der Waals surface area contributed by atoms with Crippen LogP contribution in [0.2, 0.25) is 0 Å². The standard InChI is InChI=1S/C15H23BrN2O/c1-2-12(9-10-17)7-8-15(19)18-11-13-5-3-4-6-14(13)16/h3-6,12H,2,7-11,17H2,1H3,(H,18,19). The molecule has 0 aromatic heterocycles. The van der Waals surface area contributed by atoms with E-state index in [0.717, 1.165) is 29.3 Å². The van der Waals surface area contributed by atoms with E-state index in [1.807, 2.05) is 24.3 Å². The number of nitrogens with two attached hydrogens (primary N) is 1. The average molecular weight is 327 g/mol. The van der Waals surface area contributed by atoms with Crippen LogP contribution in [0.3, 0.4) is 0 Å². The first-order valence-corrected chi connectivity index (χ1v) is 7.66. The van der Waals surface area contributed by atoms with Crippen molar-refractivity contribution < 1.29 is 4.79 Å². The molecule has 0 heterocycles. The number of carbonyl (C=O) groups is 1. The fraction of sp³-hybridized carbons (Fsp3) is 0.533. The monoisotopic (exact) mass is 326 g/mol. The van der Waals surface area contributed by atoms with Gasteiger partial charge in [0.2, 0.25) is 5.91 Å². The summed E-state index contributed by atoms with van der Waals surface area (Å²) in [7, 11) is 0. The van der Waals surface area contributed by atoms with Gasteiger partial charge in [0.1, 0.15) is 0 Å². The summed E-state index contributed by atoms with van der Waals surface area (Å²) in [6.07, 6.45) is 3.61. The van der Waals surface area contributed by atoms with Gasteiger partial charge in [-0.15, -0.1) is 0 Å². The van der Waals surface area contributed by atoms with Crippen molar-refractivity contribution in [1.82, 2.24) is 5.32 Å². The lowest BCUT2D eigenvalue weighted by atomic mass is 9.96. The summed E-state index contributed by atoms with van der Waals surface area (Å²) in [5.74, 6) is 0.686. The van der Waals surface area contributed by atoms with Crippen LogP contribution in [0, 0.1) is 5.92 Å². The van der Waals surface area contributed by atoms with Gasteiger partial charge in [-0.3, -0.25) is 4.79 Å². The van der Waals surface area contributed by atoms with E-state index < -0.39 is 0 Å². The minimum atomic E-state index is 0.117. The zero-order chi connectivity index (χ0) is 14.1. The van der Waals surface area contributed by atoms with E-state index in [9.17, 15) is 4.79 Å². The summed E-state index contributed by atoms with van der Waals surface area (Å²) >= 11 is 3.48. The zero-order valence-corrected chi connectivity index (χ0v) is 13.1. The maximum absolute atomic E-state index is 11.8. The first-order chi connectivity index (χ1) is 9.17. The molecule has 0 aliphatic carbocycles. The van der Waals surface area contributed by atoms with Gasteiger partial charge in [0.05, 0.1) is 0 Å². The maximum atomic E-state index is 11.8. The average Bonchev–Trinajstić information content (AvgIpc) is 2.42. The number of benzene rings is 1. The lowest BCUT2D eigenvalue weighted by Crippen LogP contribution is -2.23. The normalized spacial score (nSPS) is 12.2. The Labute approximate surface area is 124 Å². The van der Waals surface area contributed by atoms with Crippen molar-refractivity contribution in [2.75, 3.05) is 6.54 Å². The van der Waals surface area contributed by atoms with Gasteiger partial charge in [-0.1, -0.05) is 47.5 Å². The minimum Gasteiger partial charge on any atom is -0.352 e. The molecule has 0 aliphatic rings. The highest BCUT2D eigenvalue weighted by atomic mass is 79.9. The van der Waals surface area contributed by atoms with Crippen molar-refractivity contribution in [3.8, 4) is 0 Å². The van der Waals surface area contributed by atoms with Crippen LogP contribution < -0.4 is 11.1 Å². The Balaban J connectivity index is 2.30. The molecule has 1 amide bonds. The van der Waals surface area contributed by atoms with Crippen LogP contribution in [0.4, 0.5) is 0 Å². The maximum Gasteiger partial charge on any atom is 0.220 e. The lowest BCUT2D eigenvalue weighted by Gasteiger charge is -2.13. The quantitative estimate of drug-likeness (QED) is 0.770. The highest BCUT2D eigenvalue weighted by Gasteiger charge is 2.09. The second-order valence-electron chi connectivity index (χ2n) is 4.76. The third-order valence-corrected chi connectivity index (χ3v) is 4.14. The van der Waals surface area contributed by atoms with Crippen molar-refractivity contribution in [3.63, 3.8) is 0 Å². The molecular weight excluding hydrogens is 304 g/mol. The summed E-state index contributed by atoms with van der Waals surface area (Å²) in [6, 6.07) is 7.93. The Bertz CT molecular complexity index is 395. The summed E-state index contributed by atoms with van der Waals surface area (Å²) in [5, 5.41) is 2.96. The molecule has 0 fully saturated rings. The zero-order valence-electron chi connectivity index (χ0n) is 11.5. The Morgan fingerprint density at radius 3 is 2.74 bits per heavy atom. The van der Waals surface area contributed by atoms with Crippen molar-refractivity contribution in [2.45, 2.75) is 39.2 Å². The molecule has 0 radical (unpaired) electrons. The molecule has 1 aromatic carbocycles. The first-order valence-electron chi connectivity index (χ1n) is 6.87. The molecule has 1 atom stereocenters. The molecule has 0 saturated heterocycles. The fourth-order valence-electron chi connectivity index (χ4n) is 2.05. The molecule has 3 nitrogen and oxygen atoms in total. The smallest absolute Gasteiger partial charge is 0.220 e. The summed E-state index contributed by atoms with van der Waals surface area (Å²) in [5.41, 5.74) is 6.66. The largest absolute Gasteiger partial charge is 0.352 e. The predicted molar refractivity (Wildman–Crippen MR) is 82.7 cm³/mol. The van der Waals surface area contributed by atoms with E-state index in [1.165, 1.54) is 0 Å². The molecule has 106 valence electrons. The summed E-state index contributed by atoms with van der Waals surface area (Å²) in [6.45, 7) is 3.43. The third kappa shape index (κ3) is 6.21. The lowest BCUT2D eigenvalue weighted by molar-refractivity contribution is -0.121. The van der Waals surface area contributed by atoms with Gasteiger partial charge in [0.15, 0.2) is 0 Å². The van der Waals surface area contributed by atoms with Gasteiger partial charge < -0.3 is 11.1 Å². The minimum absolute atomic E-state index is 0.117. The first kappa shape index (κ1) is 16.2. The number of rotatable bonds is 8. The molecule has 0 aliphatic heterocycles. The Hall–Kier alpha value is -0.870. The Morgan fingerprint density at radius 2 is 2.11 bits per heavy atom. The fourth-order valence-corrected chi connectivity index (χ4v) is 2.47. The molecule has 3 N–H and O–H groups in total. The predicted octanol–water partition coefficient (Wildman–Crippen LogP) is 3.22. The second-order valence-corrected chi connectivity index (χ2v) is 5.61. The van der Waals surface area contributed by atoms with Crippen molar-refractivity contribution in [2.24, 2.45) is 11.7 Å². The van der Waals surface area contributed by atoms with E-state index in [0.29, 0.717) is 25.4 Å². The number of hydrogen-bond acceptors (Lipinski definition) is 2. The molecule has 4 heteroatoms. The number of amides is 1. The SMILES string of the molecule is CCC(CCN)CCC(=O)NCc1ccccc1Br. The van der Waals surface area contributed by atoms with Gasteiger partial charge in [0, 0.05) is 17.4 Å². The molecule has 0 spiro atoms. The summed E-state index contributed by atoms with van der Waals surface area (Å²) in [4.78, 5) is 11.8. The molecule has 0 saturated carbocycles. The number of hydrogen-bond donors (Lipinski definition) is 2. The van der Waals surface area contributed by atoms with E-state index in [1.54, 1.807) is 0 Å². The van der Waals surface area contributed by atoms with Crippen molar-refractivity contribution in [3.05, 3.63) is 34.3 Å². The van der Waals surface area contributed by atoms with Crippen LogP contribution in [0.5, 0.6) is 0 Å². The molecule has 1 unspecified atom stereocenters. The summed E-state index contributed by atoms with van der Waals surface area (Å²) < 4.78 is 1.03. The molecule has 0 bridgehead atoms. The molecule has 1 aromatic rings. The molecular formula is C15H23BrN2O. The number of carbonyl (C=O) groups excluding carboxylic acids is 1. The van der Waals surface area contributed by atoms with Gasteiger partial charge in [-0.2, -0.15) is 0 Å². The molecule has 1 rings (SSSR count). The topological polar surface area (TPSA) is 55.1 Å². The van der Waals surface area contributed by atoms with Crippen molar-refractivity contribution in [1.29, 1.82) is 0 Å². The second kappa shape index (κ2) is 9.10. The Kier molecular flexibility index (Phi) is 7.75. The van der Waals surface area contributed by atoms with Crippen molar-refractivity contribution >= 4 is 21.8 Å². The highest BCUT2D eigenvalue weighted by molar-refractivity contribution is 9.10. The number of nitrogens with one attached hydrogen (secondary N) is 1. The van der Waals surface area contributed by atoms with E-state index >= 15 is 0 Å².